The molecule has 0 spiro atoms. The molecule has 1 aliphatic heterocycles. The zero-order valence-corrected chi connectivity index (χ0v) is 14.5. The summed E-state index contributed by atoms with van der Waals surface area (Å²) in [5, 5.41) is 2.85. The summed E-state index contributed by atoms with van der Waals surface area (Å²) in [6, 6.07) is 9.00. The van der Waals surface area contributed by atoms with Crippen LogP contribution in [0, 0.1) is 6.92 Å². The van der Waals surface area contributed by atoms with Crippen molar-refractivity contribution in [1.82, 2.24) is 4.98 Å². The minimum Gasteiger partial charge on any atom is -0.495 e. The second kappa shape index (κ2) is 7.98. The number of anilines is 1. The number of aryl methyl sites for hydroxylation is 1. The molecular weight excluding hydrogens is 320 g/mol. The van der Waals surface area contributed by atoms with Crippen molar-refractivity contribution >= 4 is 11.6 Å². The molecule has 3 rings (SSSR count). The average molecular weight is 342 g/mol. The Morgan fingerprint density at radius 3 is 2.92 bits per heavy atom. The zero-order chi connectivity index (χ0) is 17.6. The molecule has 1 aromatic heterocycles. The van der Waals surface area contributed by atoms with E-state index in [-0.39, 0.29) is 12.0 Å². The molecule has 0 aliphatic carbocycles. The van der Waals surface area contributed by atoms with Crippen LogP contribution in [0.2, 0.25) is 0 Å². The number of hydrogen-bond donors (Lipinski definition) is 1. The fraction of sp³-hybridized carbons (Fsp3) is 0.368. The van der Waals surface area contributed by atoms with E-state index in [2.05, 4.69) is 10.3 Å². The van der Waals surface area contributed by atoms with E-state index in [1.165, 1.54) is 6.20 Å². The van der Waals surface area contributed by atoms with Crippen molar-refractivity contribution in [1.29, 1.82) is 0 Å². The molecule has 1 atom stereocenters. The Hall–Kier alpha value is -2.60. The highest BCUT2D eigenvalue weighted by molar-refractivity contribution is 6.04. The van der Waals surface area contributed by atoms with E-state index in [0.717, 1.165) is 25.0 Å². The fourth-order valence-corrected chi connectivity index (χ4v) is 2.67. The number of pyridine rings is 1. The SMILES string of the molecule is COc1ccc(C)cc1NC(=O)c1ccc(OC[C@@H]2CCCO2)nc1. The highest BCUT2D eigenvalue weighted by Gasteiger charge is 2.16. The topological polar surface area (TPSA) is 69.7 Å². The maximum atomic E-state index is 12.4. The van der Waals surface area contributed by atoms with Gasteiger partial charge in [-0.2, -0.15) is 0 Å². The Morgan fingerprint density at radius 1 is 1.36 bits per heavy atom. The van der Waals surface area contributed by atoms with Gasteiger partial charge in [-0.15, -0.1) is 0 Å². The van der Waals surface area contributed by atoms with E-state index in [9.17, 15) is 4.79 Å². The zero-order valence-electron chi connectivity index (χ0n) is 14.5. The van der Waals surface area contributed by atoms with E-state index in [1.807, 2.05) is 25.1 Å². The van der Waals surface area contributed by atoms with Crippen LogP contribution in [0.5, 0.6) is 11.6 Å². The maximum absolute atomic E-state index is 12.4. The summed E-state index contributed by atoms with van der Waals surface area (Å²) in [4.78, 5) is 16.6. The number of methoxy groups -OCH3 is 1. The Labute approximate surface area is 147 Å². The number of amides is 1. The van der Waals surface area contributed by atoms with E-state index in [0.29, 0.717) is 29.5 Å². The lowest BCUT2D eigenvalue weighted by molar-refractivity contribution is 0.0663. The second-order valence-corrected chi connectivity index (χ2v) is 5.99. The summed E-state index contributed by atoms with van der Waals surface area (Å²) < 4.78 is 16.4. The van der Waals surface area contributed by atoms with Crippen LogP contribution in [0.15, 0.2) is 36.5 Å². The van der Waals surface area contributed by atoms with Crippen molar-refractivity contribution in [2.75, 3.05) is 25.6 Å². The predicted octanol–water partition coefficient (Wildman–Crippen LogP) is 3.21. The van der Waals surface area contributed by atoms with Gasteiger partial charge in [0, 0.05) is 18.9 Å². The van der Waals surface area contributed by atoms with Gasteiger partial charge in [0.25, 0.3) is 5.91 Å². The van der Waals surface area contributed by atoms with Crippen LogP contribution in [0.4, 0.5) is 5.69 Å². The molecule has 2 aromatic rings. The Morgan fingerprint density at radius 2 is 2.24 bits per heavy atom. The number of carbonyl (C=O) groups excluding carboxylic acids is 1. The number of rotatable bonds is 6. The third-order valence-corrected chi connectivity index (χ3v) is 4.04. The van der Waals surface area contributed by atoms with Gasteiger partial charge < -0.3 is 19.5 Å². The number of nitrogens with one attached hydrogen (secondary N) is 1. The van der Waals surface area contributed by atoms with Gasteiger partial charge in [-0.05, 0) is 43.5 Å². The van der Waals surface area contributed by atoms with Gasteiger partial charge in [0.05, 0.1) is 24.5 Å². The van der Waals surface area contributed by atoms with Crippen molar-refractivity contribution in [2.45, 2.75) is 25.9 Å². The number of aromatic nitrogens is 1. The molecule has 1 amide bonds. The molecule has 0 unspecified atom stereocenters. The average Bonchev–Trinajstić information content (AvgIpc) is 3.14. The third kappa shape index (κ3) is 4.48. The molecule has 1 N–H and O–H groups in total. The van der Waals surface area contributed by atoms with Crippen molar-refractivity contribution in [3.05, 3.63) is 47.7 Å². The van der Waals surface area contributed by atoms with Gasteiger partial charge in [-0.25, -0.2) is 4.98 Å². The van der Waals surface area contributed by atoms with Gasteiger partial charge in [0.2, 0.25) is 5.88 Å². The van der Waals surface area contributed by atoms with E-state index < -0.39 is 0 Å². The summed E-state index contributed by atoms with van der Waals surface area (Å²) in [6.07, 6.45) is 3.73. The minimum atomic E-state index is -0.248. The second-order valence-electron chi connectivity index (χ2n) is 5.99. The largest absolute Gasteiger partial charge is 0.495 e. The Kier molecular flexibility index (Phi) is 5.50. The summed E-state index contributed by atoms with van der Waals surface area (Å²) >= 11 is 0. The van der Waals surface area contributed by atoms with Crippen molar-refractivity contribution < 1.29 is 19.0 Å². The van der Waals surface area contributed by atoms with Crippen LogP contribution in [0.1, 0.15) is 28.8 Å². The standard InChI is InChI=1S/C19H22N2O4/c1-13-5-7-17(23-2)16(10-13)21-19(22)14-6-8-18(20-11-14)25-12-15-4-3-9-24-15/h5-8,10-11,15H,3-4,9,12H2,1-2H3,(H,21,22)/t15-/m0/s1. The highest BCUT2D eigenvalue weighted by atomic mass is 16.5. The van der Waals surface area contributed by atoms with Gasteiger partial charge in [-0.3, -0.25) is 4.79 Å². The summed E-state index contributed by atoms with van der Waals surface area (Å²) in [5.41, 5.74) is 2.12. The highest BCUT2D eigenvalue weighted by Crippen LogP contribution is 2.25. The molecular formula is C19H22N2O4. The van der Waals surface area contributed by atoms with Gasteiger partial charge in [0.15, 0.2) is 0 Å². The molecule has 25 heavy (non-hydrogen) atoms. The number of carbonyl (C=O) groups is 1. The first-order valence-corrected chi connectivity index (χ1v) is 8.32. The summed E-state index contributed by atoms with van der Waals surface area (Å²) in [7, 11) is 1.57. The Balaban J connectivity index is 1.61. The monoisotopic (exact) mass is 342 g/mol. The predicted molar refractivity (Wildman–Crippen MR) is 94.4 cm³/mol. The first kappa shape index (κ1) is 17.2. The molecule has 2 heterocycles. The number of hydrogen-bond acceptors (Lipinski definition) is 5. The first-order valence-electron chi connectivity index (χ1n) is 8.32. The van der Waals surface area contributed by atoms with Crippen LogP contribution < -0.4 is 14.8 Å². The molecule has 132 valence electrons. The van der Waals surface area contributed by atoms with Crippen molar-refractivity contribution in [3.8, 4) is 11.6 Å². The fourth-order valence-electron chi connectivity index (χ4n) is 2.67. The summed E-state index contributed by atoms with van der Waals surface area (Å²) in [5.74, 6) is 0.852. The Bertz CT molecular complexity index is 725. The molecule has 1 saturated heterocycles. The van der Waals surface area contributed by atoms with Gasteiger partial charge in [-0.1, -0.05) is 6.07 Å². The maximum Gasteiger partial charge on any atom is 0.257 e. The van der Waals surface area contributed by atoms with E-state index >= 15 is 0 Å². The normalized spacial score (nSPS) is 16.5. The molecule has 1 aliphatic rings. The van der Waals surface area contributed by atoms with Crippen LogP contribution in [0.3, 0.4) is 0 Å². The van der Waals surface area contributed by atoms with Crippen molar-refractivity contribution in [2.24, 2.45) is 0 Å². The van der Waals surface area contributed by atoms with Gasteiger partial charge >= 0.3 is 0 Å². The molecule has 1 aromatic carbocycles. The van der Waals surface area contributed by atoms with Crippen LogP contribution in [-0.2, 0) is 4.74 Å². The van der Waals surface area contributed by atoms with E-state index in [1.54, 1.807) is 19.2 Å². The lowest BCUT2D eigenvalue weighted by Gasteiger charge is -2.12. The number of ether oxygens (including phenoxy) is 3. The number of nitrogens with zero attached hydrogens (tertiary/aromatic N) is 1. The van der Waals surface area contributed by atoms with Crippen LogP contribution in [-0.4, -0.2) is 37.3 Å². The molecule has 6 nitrogen and oxygen atoms in total. The molecule has 1 fully saturated rings. The van der Waals surface area contributed by atoms with Crippen LogP contribution >= 0.6 is 0 Å². The van der Waals surface area contributed by atoms with E-state index in [4.69, 9.17) is 14.2 Å². The molecule has 6 heteroatoms. The lowest BCUT2D eigenvalue weighted by atomic mass is 10.2. The quantitative estimate of drug-likeness (QED) is 0.873. The number of benzene rings is 1. The first-order chi connectivity index (χ1) is 12.2. The molecule has 0 bridgehead atoms. The molecule has 0 saturated carbocycles. The third-order valence-electron chi connectivity index (χ3n) is 4.04. The summed E-state index contributed by atoms with van der Waals surface area (Å²) in [6.45, 7) is 3.23. The smallest absolute Gasteiger partial charge is 0.257 e. The molecule has 0 radical (unpaired) electrons. The van der Waals surface area contributed by atoms with Crippen molar-refractivity contribution in [3.63, 3.8) is 0 Å². The lowest BCUT2D eigenvalue weighted by Crippen LogP contribution is -2.17. The van der Waals surface area contributed by atoms with Gasteiger partial charge in [0.1, 0.15) is 12.4 Å². The minimum absolute atomic E-state index is 0.138. The van der Waals surface area contributed by atoms with Crippen LogP contribution in [0.25, 0.3) is 0 Å².